The van der Waals surface area contributed by atoms with E-state index in [1.165, 1.54) is 16.7 Å². The van der Waals surface area contributed by atoms with E-state index < -0.39 is 0 Å². The monoisotopic (exact) mass is 351 g/mol. The van der Waals surface area contributed by atoms with Crippen LogP contribution in [0.5, 0.6) is 0 Å². The number of rotatable bonds is 5. The average molecular weight is 351 g/mol. The van der Waals surface area contributed by atoms with E-state index in [9.17, 15) is 0 Å². The highest BCUT2D eigenvalue weighted by Gasteiger charge is 2.21. The molecule has 0 radical (unpaired) electrons. The summed E-state index contributed by atoms with van der Waals surface area (Å²) in [6, 6.07) is 4.41. The highest BCUT2D eigenvalue weighted by atomic mass is 15.3. The van der Waals surface area contributed by atoms with Crippen molar-refractivity contribution in [2.45, 2.75) is 54.9 Å². The average Bonchev–Trinajstić information content (AvgIpc) is 2.87. The second-order valence-electron chi connectivity index (χ2n) is 7.12. The molecular weight excluding hydrogens is 322 g/mol. The lowest BCUT2D eigenvalue weighted by Crippen LogP contribution is -2.25. The Kier molecular flexibility index (Phi) is 4.99. The van der Waals surface area contributed by atoms with Gasteiger partial charge in [0.2, 0.25) is 0 Å². The number of anilines is 1. The first-order valence-corrected chi connectivity index (χ1v) is 9.44. The quantitative estimate of drug-likeness (QED) is 0.674. The summed E-state index contributed by atoms with van der Waals surface area (Å²) >= 11 is 0. The molecule has 0 unspecified atom stereocenters. The van der Waals surface area contributed by atoms with Crippen LogP contribution in [0, 0.1) is 34.6 Å². The first-order chi connectivity index (χ1) is 12.4. The van der Waals surface area contributed by atoms with Crippen LogP contribution in [0.15, 0.2) is 12.1 Å². The molecule has 0 aliphatic rings. The molecule has 0 fully saturated rings. The SMILES string of the molecule is CCCN(CC)c1nc(C)nc2c1c(C)nn2-c1c(C)cc(C)cc1C. The number of hydrogen-bond acceptors (Lipinski definition) is 4. The maximum atomic E-state index is 4.88. The van der Waals surface area contributed by atoms with Gasteiger partial charge in [-0.05, 0) is 59.1 Å². The van der Waals surface area contributed by atoms with Crippen molar-refractivity contribution in [1.29, 1.82) is 0 Å². The van der Waals surface area contributed by atoms with E-state index in [0.717, 1.165) is 53.6 Å². The highest BCUT2D eigenvalue weighted by molar-refractivity contribution is 5.91. The predicted molar refractivity (Wildman–Crippen MR) is 109 cm³/mol. The number of nitrogens with zero attached hydrogens (tertiary/aromatic N) is 5. The summed E-state index contributed by atoms with van der Waals surface area (Å²) in [6.45, 7) is 16.7. The third-order valence-electron chi connectivity index (χ3n) is 4.82. The third kappa shape index (κ3) is 3.06. The van der Waals surface area contributed by atoms with E-state index in [1.807, 2.05) is 11.6 Å². The van der Waals surface area contributed by atoms with Gasteiger partial charge in [0.05, 0.1) is 16.8 Å². The fraction of sp³-hybridized carbons (Fsp3) is 0.476. The van der Waals surface area contributed by atoms with Crippen LogP contribution in [0.4, 0.5) is 5.82 Å². The van der Waals surface area contributed by atoms with Crippen LogP contribution in [0.1, 0.15) is 48.5 Å². The Labute approximate surface area is 156 Å². The zero-order valence-corrected chi connectivity index (χ0v) is 17.0. The van der Waals surface area contributed by atoms with Crippen LogP contribution in [-0.4, -0.2) is 32.8 Å². The fourth-order valence-electron chi connectivity index (χ4n) is 3.84. The lowest BCUT2D eigenvalue weighted by molar-refractivity contribution is 0.777. The summed E-state index contributed by atoms with van der Waals surface area (Å²) in [5.41, 5.74) is 6.69. The minimum absolute atomic E-state index is 0.783. The van der Waals surface area contributed by atoms with Gasteiger partial charge in [0.25, 0.3) is 0 Å². The van der Waals surface area contributed by atoms with Gasteiger partial charge in [-0.2, -0.15) is 5.10 Å². The van der Waals surface area contributed by atoms with Crippen molar-refractivity contribution in [1.82, 2.24) is 19.7 Å². The van der Waals surface area contributed by atoms with Gasteiger partial charge in [-0.1, -0.05) is 24.6 Å². The molecule has 0 amide bonds. The number of hydrogen-bond donors (Lipinski definition) is 0. The summed E-state index contributed by atoms with van der Waals surface area (Å²) in [6.07, 6.45) is 1.09. The molecule has 2 heterocycles. The van der Waals surface area contributed by atoms with Crippen LogP contribution in [-0.2, 0) is 0 Å². The Morgan fingerprint density at radius 3 is 2.19 bits per heavy atom. The minimum atomic E-state index is 0.783. The summed E-state index contributed by atoms with van der Waals surface area (Å²) in [5.74, 6) is 1.79. The minimum Gasteiger partial charge on any atom is -0.356 e. The van der Waals surface area contributed by atoms with Crippen molar-refractivity contribution < 1.29 is 0 Å². The molecule has 0 saturated heterocycles. The number of aryl methyl sites for hydroxylation is 5. The van der Waals surface area contributed by atoms with Crippen LogP contribution < -0.4 is 4.90 Å². The standard InChI is InChI=1S/C21H29N5/c1-8-10-25(9-2)20-18-16(6)24-26(21(18)23-17(7)22-20)19-14(4)11-13(3)12-15(19)5/h11-12H,8-10H2,1-7H3. The van der Waals surface area contributed by atoms with Gasteiger partial charge in [0.15, 0.2) is 5.65 Å². The van der Waals surface area contributed by atoms with Crippen molar-refractivity contribution in [3.05, 3.63) is 40.3 Å². The molecule has 0 aliphatic heterocycles. The van der Waals surface area contributed by atoms with Gasteiger partial charge in [-0.25, -0.2) is 14.6 Å². The molecule has 138 valence electrons. The van der Waals surface area contributed by atoms with Crippen LogP contribution in [0.3, 0.4) is 0 Å². The normalized spacial score (nSPS) is 11.3. The third-order valence-corrected chi connectivity index (χ3v) is 4.82. The summed E-state index contributed by atoms with van der Waals surface area (Å²) in [7, 11) is 0. The summed E-state index contributed by atoms with van der Waals surface area (Å²) < 4.78 is 2.01. The Balaban J connectivity index is 2.33. The van der Waals surface area contributed by atoms with Crippen LogP contribution >= 0.6 is 0 Å². The molecule has 0 atom stereocenters. The van der Waals surface area contributed by atoms with Crippen LogP contribution in [0.25, 0.3) is 16.7 Å². The molecule has 0 aliphatic carbocycles. The second-order valence-corrected chi connectivity index (χ2v) is 7.12. The number of benzene rings is 1. The van der Waals surface area contributed by atoms with Crippen molar-refractivity contribution in [3.8, 4) is 5.69 Å². The lowest BCUT2D eigenvalue weighted by atomic mass is 10.1. The Hall–Kier alpha value is -2.43. The van der Waals surface area contributed by atoms with E-state index in [-0.39, 0.29) is 0 Å². The van der Waals surface area contributed by atoms with Gasteiger partial charge >= 0.3 is 0 Å². The molecule has 0 spiro atoms. The Morgan fingerprint density at radius 1 is 0.962 bits per heavy atom. The molecular formula is C21H29N5. The number of aromatic nitrogens is 4. The van der Waals surface area contributed by atoms with Gasteiger partial charge in [0.1, 0.15) is 11.6 Å². The van der Waals surface area contributed by atoms with E-state index in [0.29, 0.717) is 0 Å². The fourth-order valence-corrected chi connectivity index (χ4v) is 3.84. The molecule has 1 aromatic carbocycles. The Morgan fingerprint density at radius 2 is 1.62 bits per heavy atom. The van der Waals surface area contributed by atoms with Crippen molar-refractivity contribution in [2.75, 3.05) is 18.0 Å². The zero-order valence-electron chi connectivity index (χ0n) is 17.0. The van der Waals surface area contributed by atoms with E-state index in [4.69, 9.17) is 15.1 Å². The highest BCUT2D eigenvalue weighted by Crippen LogP contribution is 2.31. The van der Waals surface area contributed by atoms with Crippen molar-refractivity contribution in [2.24, 2.45) is 0 Å². The smallest absolute Gasteiger partial charge is 0.169 e. The van der Waals surface area contributed by atoms with E-state index in [1.54, 1.807) is 0 Å². The first kappa shape index (κ1) is 18.4. The first-order valence-electron chi connectivity index (χ1n) is 9.44. The number of fused-ring (bicyclic) bond motifs is 1. The molecule has 3 rings (SSSR count). The molecule has 0 saturated carbocycles. The van der Waals surface area contributed by atoms with Crippen molar-refractivity contribution >= 4 is 16.9 Å². The molecule has 2 aromatic heterocycles. The van der Waals surface area contributed by atoms with Gasteiger partial charge in [0, 0.05) is 13.1 Å². The van der Waals surface area contributed by atoms with Gasteiger partial charge in [-0.3, -0.25) is 0 Å². The lowest BCUT2D eigenvalue weighted by Gasteiger charge is -2.22. The predicted octanol–water partition coefficient (Wildman–Crippen LogP) is 4.59. The molecule has 0 bridgehead atoms. The zero-order chi connectivity index (χ0) is 19.0. The molecule has 5 heteroatoms. The van der Waals surface area contributed by atoms with E-state index in [2.05, 4.69) is 58.6 Å². The van der Waals surface area contributed by atoms with Gasteiger partial charge in [-0.15, -0.1) is 0 Å². The second kappa shape index (κ2) is 7.06. The Bertz CT molecular complexity index is 932. The van der Waals surface area contributed by atoms with E-state index >= 15 is 0 Å². The van der Waals surface area contributed by atoms with Crippen molar-refractivity contribution in [3.63, 3.8) is 0 Å². The summed E-state index contributed by atoms with van der Waals surface area (Å²) in [5, 5.41) is 5.94. The van der Waals surface area contributed by atoms with Crippen LogP contribution in [0.2, 0.25) is 0 Å². The summed E-state index contributed by atoms with van der Waals surface area (Å²) in [4.78, 5) is 11.9. The largest absolute Gasteiger partial charge is 0.356 e. The maximum Gasteiger partial charge on any atom is 0.169 e. The maximum absolute atomic E-state index is 4.88. The molecule has 0 N–H and O–H groups in total. The molecule has 3 aromatic rings. The van der Waals surface area contributed by atoms with Gasteiger partial charge < -0.3 is 4.90 Å². The molecule has 26 heavy (non-hydrogen) atoms. The molecule has 5 nitrogen and oxygen atoms in total. The topological polar surface area (TPSA) is 46.8 Å².